The molecule has 0 aliphatic carbocycles. The number of carbonyl (C=O) groups is 1. The molecule has 1 atom stereocenters. The summed E-state index contributed by atoms with van der Waals surface area (Å²) in [6.07, 6.45) is 3.55. The molecule has 2 rings (SSSR count). The normalized spacial score (nSPS) is 20.1. The Balaban J connectivity index is 1.98. The number of nitrogens with one attached hydrogen (secondary N) is 2. The van der Waals surface area contributed by atoms with Crippen molar-refractivity contribution in [3.8, 4) is 0 Å². The second-order valence-electron chi connectivity index (χ2n) is 5.26. The molecule has 1 amide bonds. The van der Waals surface area contributed by atoms with E-state index in [9.17, 15) is 4.79 Å². The molecule has 1 aromatic rings. The number of aromatic nitrogens is 1. The topological polar surface area (TPSA) is 54.0 Å². The number of nitrogens with zero attached hydrogens (tertiary/aromatic N) is 1. The third-order valence-corrected chi connectivity index (χ3v) is 3.73. The Morgan fingerprint density at radius 3 is 2.78 bits per heavy atom. The van der Waals surface area contributed by atoms with Crippen LogP contribution in [0.2, 0.25) is 0 Å². The van der Waals surface area contributed by atoms with Gasteiger partial charge in [-0.25, -0.2) is 0 Å². The van der Waals surface area contributed by atoms with Crippen LogP contribution in [0.5, 0.6) is 0 Å². The number of hydrogen-bond acceptors (Lipinski definition) is 3. The van der Waals surface area contributed by atoms with Crippen molar-refractivity contribution in [3.63, 3.8) is 0 Å². The van der Waals surface area contributed by atoms with E-state index in [-0.39, 0.29) is 17.4 Å². The fourth-order valence-electron chi connectivity index (χ4n) is 2.28. The van der Waals surface area contributed by atoms with E-state index in [1.807, 2.05) is 32.0 Å². The molecule has 0 spiro atoms. The van der Waals surface area contributed by atoms with Crippen molar-refractivity contribution in [1.29, 1.82) is 0 Å². The van der Waals surface area contributed by atoms with Crippen molar-refractivity contribution < 1.29 is 4.79 Å². The third-order valence-electron chi connectivity index (χ3n) is 3.73. The monoisotopic (exact) mass is 247 g/mol. The van der Waals surface area contributed by atoms with Gasteiger partial charge in [-0.15, -0.1) is 0 Å². The van der Waals surface area contributed by atoms with Gasteiger partial charge >= 0.3 is 0 Å². The quantitative estimate of drug-likeness (QED) is 0.854. The van der Waals surface area contributed by atoms with Crippen molar-refractivity contribution in [2.45, 2.75) is 32.7 Å². The summed E-state index contributed by atoms with van der Waals surface area (Å²) < 4.78 is 0. The predicted molar refractivity (Wildman–Crippen MR) is 71.0 cm³/mol. The summed E-state index contributed by atoms with van der Waals surface area (Å²) in [6.45, 7) is 5.86. The van der Waals surface area contributed by atoms with Crippen molar-refractivity contribution in [3.05, 3.63) is 30.1 Å². The molecule has 1 fully saturated rings. The first-order chi connectivity index (χ1) is 8.62. The number of rotatable bonds is 3. The minimum Gasteiger partial charge on any atom is -0.348 e. The zero-order chi connectivity index (χ0) is 13.0. The van der Waals surface area contributed by atoms with Gasteiger partial charge in [-0.05, 0) is 45.0 Å². The Morgan fingerprint density at radius 2 is 2.17 bits per heavy atom. The molecule has 98 valence electrons. The summed E-state index contributed by atoms with van der Waals surface area (Å²) in [4.78, 5) is 16.6. The molecule has 1 aliphatic rings. The molecule has 0 bridgehead atoms. The molecule has 4 heteroatoms. The van der Waals surface area contributed by atoms with Gasteiger partial charge in [0.1, 0.15) is 0 Å². The molecular weight excluding hydrogens is 226 g/mol. The fraction of sp³-hybridized carbons (Fsp3) is 0.571. The lowest BCUT2D eigenvalue weighted by molar-refractivity contribution is -0.132. The van der Waals surface area contributed by atoms with Crippen molar-refractivity contribution in [1.82, 2.24) is 15.6 Å². The zero-order valence-electron chi connectivity index (χ0n) is 11.1. The van der Waals surface area contributed by atoms with Crippen LogP contribution in [-0.2, 0) is 4.79 Å². The van der Waals surface area contributed by atoms with Crippen LogP contribution in [0.4, 0.5) is 0 Å². The summed E-state index contributed by atoms with van der Waals surface area (Å²) in [5, 5.41) is 6.36. The average molecular weight is 247 g/mol. The van der Waals surface area contributed by atoms with Gasteiger partial charge in [0.25, 0.3) is 0 Å². The van der Waals surface area contributed by atoms with Crippen LogP contribution in [-0.4, -0.2) is 24.0 Å². The van der Waals surface area contributed by atoms with Crippen molar-refractivity contribution in [2.24, 2.45) is 5.41 Å². The summed E-state index contributed by atoms with van der Waals surface area (Å²) in [5.74, 6) is 0.141. The molecule has 18 heavy (non-hydrogen) atoms. The first-order valence-electron chi connectivity index (χ1n) is 6.54. The Labute approximate surface area is 108 Å². The summed E-state index contributed by atoms with van der Waals surface area (Å²) in [7, 11) is 0. The fourth-order valence-corrected chi connectivity index (χ4v) is 2.28. The molecule has 0 radical (unpaired) electrons. The van der Waals surface area contributed by atoms with Crippen LogP contribution in [0.3, 0.4) is 0 Å². The maximum absolute atomic E-state index is 12.3. The molecular formula is C14H21N3O. The summed E-state index contributed by atoms with van der Waals surface area (Å²) in [6, 6.07) is 5.73. The average Bonchev–Trinajstić information content (AvgIpc) is 2.40. The molecule has 1 saturated heterocycles. The highest BCUT2D eigenvalue weighted by Gasteiger charge is 2.35. The second-order valence-corrected chi connectivity index (χ2v) is 5.26. The van der Waals surface area contributed by atoms with Crippen molar-refractivity contribution >= 4 is 5.91 Å². The largest absolute Gasteiger partial charge is 0.348 e. The van der Waals surface area contributed by atoms with E-state index in [1.54, 1.807) is 6.20 Å². The van der Waals surface area contributed by atoms with E-state index >= 15 is 0 Å². The minimum atomic E-state index is -0.242. The van der Waals surface area contributed by atoms with Gasteiger partial charge in [-0.2, -0.15) is 0 Å². The van der Waals surface area contributed by atoms with Gasteiger partial charge in [-0.1, -0.05) is 13.0 Å². The van der Waals surface area contributed by atoms with E-state index in [1.165, 1.54) is 0 Å². The van der Waals surface area contributed by atoms with Gasteiger partial charge in [0, 0.05) is 11.6 Å². The highest BCUT2D eigenvalue weighted by atomic mass is 16.2. The highest BCUT2D eigenvalue weighted by Crippen LogP contribution is 2.28. The maximum atomic E-state index is 12.3. The lowest BCUT2D eigenvalue weighted by atomic mass is 9.80. The van der Waals surface area contributed by atoms with Crippen LogP contribution < -0.4 is 10.6 Å². The van der Waals surface area contributed by atoms with Crippen LogP contribution in [0.1, 0.15) is 38.4 Å². The Morgan fingerprint density at radius 1 is 1.44 bits per heavy atom. The molecule has 0 aromatic carbocycles. The minimum absolute atomic E-state index is 0.0367. The summed E-state index contributed by atoms with van der Waals surface area (Å²) in [5.41, 5.74) is 0.664. The summed E-state index contributed by atoms with van der Waals surface area (Å²) >= 11 is 0. The number of amides is 1. The maximum Gasteiger partial charge on any atom is 0.226 e. The number of pyridine rings is 1. The Bertz CT molecular complexity index is 399. The van der Waals surface area contributed by atoms with E-state index in [0.717, 1.165) is 31.6 Å². The molecule has 0 saturated carbocycles. The highest BCUT2D eigenvalue weighted by molar-refractivity contribution is 5.82. The smallest absolute Gasteiger partial charge is 0.226 e. The van der Waals surface area contributed by atoms with E-state index in [4.69, 9.17) is 0 Å². The van der Waals surface area contributed by atoms with E-state index < -0.39 is 0 Å². The first kappa shape index (κ1) is 13.0. The molecule has 1 aliphatic heterocycles. The molecule has 2 N–H and O–H groups in total. The van der Waals surface area contributed by atoms with E-state index in [2.05, 4.69) is 15.6 Å². The SMILES string of the molecule is C[C@H](NC(=O)C1(C)CCNCC1)c1ccccn1. The van der Waals surface area contributed by atoms with E-state index in [0.29, 0.717) is 0 Å². The molecule has 1 aromatic heterocycles. The van der Waals surface area contributed by atoms with Crippen LogP contribution in [0.25, 0.3) is 0 Å². The molecule has 0 unspecified atom stereocenters. The lowest BCUT2D eigenvalue weighted by Crippen LogP contribution is -2.46. The van der Waals surface area contributed by atoms with Crippen LogP contribution >= 0.6 is 0 Å². The number of carbonyl (C=O) groups excluding carboxylic acids is 1. The van der Waals surface area contributed by atoms with Crippen LogP contribution in [0, 0.1) is 5.41 Å². The second kappa shape index (κ2) is 5.48. The van der Waals surface area contributed by atoms with Gasteiger partial charge in [0.05, 0.1) is 11.7 Å². The Kier molecular flexibility index (Phi) is 3.97. The molecule has 2 heterocycles. The van der Waals surface area contributed by atoms with Crippen molar-refractivity contribution in [2.75, 3.05) is 13.1 Å². The third kappa shape index (κ3) is 2.88. The first-order valence-corrected chi connectivity index (χ1v) is 6.54. The molecule has 4 nitrogen and oxygen atoms in total. The number of hydrogen-bond donors (Lipinski definition) is 2. The van der Waals surface area contributed by atoms with Gasteiger partial charge < -0.3 is 10.6 Å². The number of piperidine rings is 1. The van der Waals surface area contributed by atoms with Gasteiger partial charge in [0.15, 0.2) is 0 Å². The predicted octanol–water partition coefficient (Wildman–Crippen LogP) is 1.65. The Hall–Kier alpha value is -1.42. The standard InChI is InChI=1S/C14H21N3O/c1-11(12-5-3-4-8-16-12)17-13(18)14(2)6-9-15-10-7-14/h3-5,8,11,15H,6-7,9-10H2,1-2H3,(H,17,18)/t11-/m0/s1. The van der Waals surface area contributed by atoms with Gasteiger partial charge in [0.2, 0.25) is 5.91 Å². The lowest BCUT2D eigenvalue weighted by Gasteiger charge is -2.33. The zero-order valence-corrected chi connectivity index (χ0v) is 11.1. The van der Waals surface area contributed by atoms with Crippen LogP contribution in [0.15, 0.2) is 24.4 Å². The van der Waals surface area contributed by atoms with Gasteiger partial charge in [-0.3, -0.25) is 9.78 Å².